The van der Waals surface area contributed by atoms with Crippen LogP contribution in [-0.4, -0.2) is 39.0 Å². The van der Waals surface area contributed by atoms with Crippen LogP contribution in [0, 0.1) is 11.8 Å². The van der Waals surface area contributed by atoms with Crippen molar-refractivity contribution < 1.29 is 28.6 Å². The van der Waals surface area contributed by atoms with Crippen LogP contribution in [0.3, 0.4) is 0 Å². The molecule has 1 heterocycles. The van der Waals surface area contributed by atoms with Crippen LogP contribution < -0.4 is 14.8 Å². The van der Waals surface area contributed by atoms with Gasteiger partial charge in [0.15, 0.2) is 17.3 Å². The Morgan fingerprint density at radius 3 is 2.48 bits per heavy atom. The van der Waals surface area contributed by atoms with Crippen molar-refractivity contribution in [1.29, 1.82) is 0 Å². The second-order valence-electron chi connectivity index (χ2n) is 6.83. The van der Waals surface area contributed by atoms with Gasteiger partial charge in [0.25, 0.3) is 0 Å². The highest BCUT2D eigenvalue weighted by molar-refractivity contribution is 6.11. The van der Waals surface area contributed by atoms with E-state index < -0.39 is 17.8 Å². The molecule has 27 heavy (non-hydrogen) atoms. The third-order valence-corrected chi connectivity index (χ3v) is 5.26. The maximum atomic E-state index is 13.2. The van der Waals surface area contributed by atoms with E-state index in [9.17, 15) is 14.4 Å². The number of carbonyl (C=O) groups is 3. The Morgan fingerprint density at radius 1 is 1.11 bits per heavy atom. The van der Waals surface area contributed by atoms with Gasteiger partial charge in [-0.3, -0.25) is 14.4 Å². The van der Waals surface area contributed by atoms with E-state index in [0.717, 1.165) is 0 Å². The Labute approximate surface area is 157 Å². The van der Waals surface area contributed by atoms with Gasteiger partial charge in [-0.1, -0.05) is 19.1 Å². The van der Waals surface area contributed by atoms with Crippen LogP contribution in [0.15, 0.2) is 29.5 Å². The van der Waals surface area contributed by atoms with Crippen molar-refractivity contribution in [1.82, 2.24) is 5.32 Å². The van der Waals surface area contributed by atoms with E-state index in [0.29, 0.717) is 34.8 Å². The van der Waals surface area contributed by atoms with E-state index in [1.165, 1.54) is 21.3 Å². The van der Waals surface area contributed by atoms with E-state index in [-0.39, 0.29) is 24.0 Å². The highest BCUT2D eigenvalue weighted by Crippen LogP contribution is 2.46. The smallest absolute Gasteiger partial charge is 0.316 e. The van der Waals surface area contributed by atoms with E-state index in [2.05, 4.69) is 5.32 Å². The fourth-order valence-corrected chi connectivity index (χ4v) is 4.05. The van der Waals surface area contributed by atoms with E-state index >= 15 is 0 Å². The van der Waals surface area contributed by atoms with Crippen molar-refractivity contribution in [2.75, 3.05) is 21.3 Å². The van der Waals surface area contributed by atoms with Crippen LogP contribution in [0.2, 0.25) is 0 Å². The Bertz CT molecular complexity index is 828. The molecule has 0 saturated heterocycles. The molecule has 0 bridgehead atoms. The van der Waals surface area contributed by atoms with Crippen LogP contribution >= 0.6 is 0 Å². The lowest BCUT2D eigenvalue weighted by Crippen LogP contribution is -2.44. The van der Waals surface area contributed by atoms with Gasteiger partial charge in [0.2, 0.25) is 5.91 Å². The number of Topliss-reactive ketones (excluding diaryl/α,β-unsaturated/α-hetero) is 1. The minimum Gasteiger partial charge on any atom is -0.493 e. The molecular formula is C20H23NO6. The molecule has 144 valence electrons. The quantitative estimate of drug-likeness (QED) is 0.641. The van der Waals surface area contributed by atoms with Gasteiger partial charge in [-0.2, -0.15) is 0 Å². The number of allylic oxidation sites excluding steroid dienone is 2. The van der Waals surface area contributed by atoms with Crippen LogP contribution in [0.25, 0.3) is 0 Å². The highest BCUT2D eigenvalue weighted by atomic mass is 16.5. The zero-order valence-corrected chi connectivity index (χ0v) is 15.8. The third kappa shape index (κ3) is 3.18. The molecule has 7 nitrogen and oxygen atoms in total. The summed E-state index contributed by atoms with van der Waals surface area (Å²) in [6, 6.07) is 5.35. The van der Waals surface area contributed by atoms with E-state index in [1.54, 1.807) is 12.1 Å². The summed E-state index contributed by atoms with van der Waals surface area (Å²) in [6.45, 7) is 1.81. The molecule has 0 fully saturated rings. The van der Waals surface area contributed by atoms with Gasteiger partial charge in [-0.25, -0.2) is 0 Å². The predicted molar refractivity (Wildman–Crippen MR) is 96.4 cm³/mol. The molecule has 3 atom stereocenters. The van der Waals surface area contributed by atoms with Gasteiger partial charge in [-0.15, -0.1) is 0 Å². The van der Waals surface area contributed by atoms with Crippen molar-refractivity contribution in [3.05, 3.63) is 35.0 Å². The van der Waals surface area contributed by atoms with Crippen molar-refractivity contribution in [2.24, 2.45) is 11.8 Å². The zero-order valence-electron chi connectivity index (χ0n) is 15.8. The molecular weight excluding hydrogens is 350 g/mol. The number of esters is 1. The van der Waals surface area contributed by atoms with Gasteiger partial charge in [0.1, 0.15) is 5.92 Å². The summed E-state index contributed by atoms with van der Waals surface area (Å²) in [6.07, 6.45) is 0.520. The first-order chi connectivity index (χ1) is 12.9. The summed E-state index contributed by atoms with van der Waals surface area (Å²) in [4.78, 5) is 37.7. The number of benzene rings is 1. The van der Waals surface area contributed by atoms with Gasteiger partial charge in [0, 0.05) is 29.2 Å². The molecule has 7 heteroatoms. The molecule has 0 spiro atoms. The number of nitrogens with one attached hydrogen (secondary N) is 1. The van der Waals surface area contributed by atoms with Crippen LogP contribution in [-0.2, 0) is 19.1 Å². The van der Waals surface area contributed by atoms with Gasteiger partial charge in [-0.05, 0) is 18.4 Å². The van der Waals surface area contributed by atoms with Crippen molar-refractivity contribution in [2.45, 2.75) is 25.7 Å². The number of carbonyl (C=O) groups excluding carboxylic acids is 3. The summed E-state index contributed by atoms with van der Waals surface area (Å²) >= 11 is 0. The van der Waals surface area contributed by atoms with Gasteiger partial charge in [0.05, 0.1) is 21.3 Å². The lowest BCUT2D eigenvalue weighted by Gasteiger charge is -2.36. The fraction of sp³-hybridized carbons (Fsp3) is 0.450. The number of ether oxygens (including phenoxy) is 3. The second kappa shape index (κ2) is 7.42. The van der Waals surface area contributed by atoms with Crippen LogP contribution in [0.4, 0.5) is 0 Å². The SMILES string of the molecule is COC(=O)C1C(=O)C2=C(CC1C)NC(=O)CC2c1cccc(OC)c1OC. The zero-order chi connectivity index (χ0) is 19.7. The van der Waals surface area contributed by atoms with Crippen molar-refractivity contribution >= 4 is 17.7 Å². The Kier molecular flexibility index (Phi) is 5.21. The lowest BCUT2D eigenvalue weighted by atomic mass is 9.70. The fourth-order valence-electron chi connectivity index (χ4n) is 4.05. The number of rotatable bonds is 4. The number of para-hydroxylation sites is 1. The average Bonchev–Trinajstić information content (AvgIpc) is 2.65. The second-order valence-corrected chi connectivity index (χ2v) is 6.83. The first-order valence-electron chi connectivity index (χ1n) is 8.78. The molecule has 1 aromatic rings. The van der Waals surface area contributed by atoms with E-state index in [4.69, 9.17) is 14.2 Å². The lowest BCUT2D eigenvalue weighted by molar-refractivity contribution is -0.151. The normalized spacial score (nSPS) is 24.8. The maximum absolute atomic E-state index is 13.2. The third-order valence-electron chi connectivity index (χ3n) is 5.26. The summed E-state index contributed by atoms with van der Waals surface area (Å²) in [7, 11) is 4.32. The maximum Gasteiger partial charge on any atom is 0.316 e. The molecule has 3 rings (SSSR count). The topological polar surface area (TPSA) is 90.9 Å². The Balaban J connectivity index is 2.14. The monoisotopic (exact) mass is 373 g/mol. The molecule has 1 aliphatic carbocycles. The summed E-state index contributed by atoms with van der Waals surface area (Å²) in [5, 5.41) is 2.82. The number of ketones is 1. The summed E-state index contributed by atoms with van der Waals surface area (Å²) in [5.41, 5.74) is 1.72. The number of hydrogen-bond donors (Lipinski definition) is 1. The average molecular weight is 373 g/mol. The van der Waals surface area contributed by atoms with Crippen molar-refractivity contribution in [3.8, 4) is 11.5 Å². The minimum absolute atomic E-state index is 0.0936. The molecule has 2 aliphatic rings. The Morgan fingerprint density at radius 2 is 1.85 bits per heavy atom. The first-order valence-corrected chi connectivity index (χ1v) is 8.78. The molecule has 3 unspecified atom stereocenters. The molecule has 1 amide bonds. The summed E-state index contributed by atoms with van der Waals surface area (Å²) < 4.78 is 15.7. The van der Waals surface area contributed by atoms with Crippen molar-refractivity contribution in [3.63, 3.8) is 0 Å². The Hall–Kier alpha value is -2.83. The molecule has 1 N–H and O–H groups in total. The van der Waals surface area contributed by atoms with Gasteiger partial charge < -0.3 is 19.5 Å². The molecule has 0 radical (unpaired) electrons. The molecule has 1 aromatic carbocycles. The van der Waals surface area contributed by atoms with Crippen LogP contribution in [0.5, 0.6) is 11.5 Å². The molecule has 1 aliphatic heterocycles. The summed E-state index contributed by atoms with van der Waals surface area (Å²) in [5.74, 6) is -1.65. The highest BCUT2D eigenvalue weighted by Gasteiger charge is 2.46. The number of hydrogen-bond acceptors (Lipinski definition) is 6. The standard InChI is InChI=1S/C20H23NO6/c1-10-8-13-17(18(23)16(10)20(24)27-4)12(9-15(22)21-13)11-6-5-7-14(25-2)19(11)26-3/h5-7,10,12,16H,8-9H2,1-4H3,(H,21,22). The predicted octanol–water partition coefficient (Wildman–Crippen LogP) is 1.96. The number of methoxy groups -OCH3 is 3. The largest absolute Gasteiger partial charge is 0.493 e. The van der Waals surface area contributed by atoms with E-state index in [1.807, 2.05) is 13.0 Å². The van der Waals surface area contributed by atoms with Crippen LogP contribution in [0.1, 0.15) is 31.2 Å². The molecule has 0 saturated carbocycles. The molecule has 0 aromatic heterocycles. The minimum atomic E-state index is -0.872. The van der Waals surface area contributed by atoms with Gasteiger partial charge >= 0.3 is 5.97 Å². The first kappa shape index (κ1) is 18.9. The number of amides is 1.